The van der Waals surface area contributed by atoms with Gasteiger partial charge in [0.25, 0.3) is 5.91 Å². The third-order valence-electron chi connectivity index (χ3n) is 4.33. The molecule has 132 valence electrons. The Hall–Kier alpha value is -1.14. The van der Waals surface area contributed by atoms with Crippen LogP contribution in [0.1, 0.15) is 28.8 Å². The third-order valence-corrected chi connectivity index (χ3v) is 5.43. The van der Waals surface area contributed by atoms with E-state index in [-0.39, 0.29) is 15.6 Å². The molecule has 1 fully saturated rings. The molecule has 0 radical (unpaired) electrons. The van der Waals surface area contributed by atoms with Crippen LogP contribution >= 0.6 is 39.1 Å². The molecule has 3 rings (SSSR count). The Kier molecular flexibility index (Phi) is 5.68. The molecule has 1 N–H and O–H groups in total. The molecule has 2 aromatic rings. The first-order chi connectivity index (χ1) is 11.9. The molecule has 0 unspecified atom stereocenters. The SMILES string of the molecule is O=C(NC1(c2cccc(Br)c2)CCOCC1)c1cc(F)c(Cl)cc1Cl. The van der Waals surface area contributed by atoms with Gasteiger partial charge < -0.3 is 10.1 Å². The molecule has 7 heteroatoms. The normalized spacial score (nSPS) is 16.5. The molecule has 1 amide bonds. The molecule has 0 aliphatic carbocycles. The number of amides is 1. The van der Waals surface area contributed by atoms with Gasteiger partial charge in [-0.25, -0.2) is 4.39 Å². The predicted molar refractivity (Wildman–Crippen MR) is 99.8 cm³/mol. The van der Waals surface area contributed by atoms with E-state index in [1.54, 1.807) is 0 Å². The fraction of sp³-hybridized carbons (Fsp3) is 0.278. The highest BCUT2D eigenvalue weighted by Gasteiger charge is 2.36. The summed E-state index contributed by atoms with van der Waals surface area (Å²) >= 11 is 15.3. The van der Waals surface area contributed by atoms with E-state index in [1.807, 2.05) is 24.3 Å². The lowest BCUT2D eigenvalue weighted by Gasteiger charge is -2.38. The van der Waals surface area contributed by atoms with Crippen molar-refractivity contribution in [2.24, 2.45) is 0 Å². The predicted octanol–water partition coefficient (Wildman–Crippen LogP) is 5.33. The van der Waals surface area contributed by atoms with Gasteiger partial charge in [-0.15, -0.1) is 0 Å². The molecular weight excluding hydrogens is 432 g/mol. The fourth-order valence-corrected chi connectivity index (χ4v) is 3.84. The van der Waals surface area contributed by atoms with Crippen LogP contribution in [0.25, 0.3) is 0 Å². The van der Waals surface area contributed by atoms with Crippen LogP contribution in [0.15, 0.2) is 40.9 Å². The van der Waals surface area contributed by atoms with Crippen molar-refractivity contribution in [2.75, 3.05) is 13.2 Å². The molecule has 0 spiro atoms. The summed E-state index contributed by atoms with van der Waals surface area (Å²) in [6.45, 7) is 1.05. The Labute approximate surface area is 163 Å². The Balaban J connectivity index is 1.96. The summed E-state index contributed by atoms with van der Waals surface area (Å²) < 4.78 is 20.1. The Bertz CT molecular complexity index is 810. The number of hydrogen-bond donors (Lipinski definition) is 1. The zero-order chi connectivity index (χ0) is 18.0. The summed E-state index contributed by atoms with van der Waals surface area (Å²) in [5, 5.41) is 3.04. The van der Waals surface area contributed by atoms with Gasteiger partial charge in [-0.2, -0.15) is 0 Å². The first-order valence-corrected chi connectivity index (χ1v) is 9.27. The fourth-order valence-electron chi connectivity index (χ4n) is 2.97. The molecule has 0 atom stereocenters. The maximum atomic E-state index is 13.8. The molecule has 1 heterocycles. The number of carbonyl (C=O) groups is 1. The molecule has 1 aliphatic rings. The highest BCUT2D eigenvalue weighted by molar-refractivity contribution is 9.10. The zero-order valence-electron chi connectivity index (χ0n) is 13.1. The van der Waals surface area contributed by atoms with Crippen LogP contribution in [-0.4, -0.2) is 19.1 Å². The van der Waals surface area contributed by atoms with Crippen molar-refractivity contribution in [3.63, 3.8) is 0 Å². The van der Waals surface area contributed by atoms with Gasteiger partial charge in [0.15, 0.2) is 0 Å². The number of carbonyl (C=O) groups excluding carboxylic acids is 1. The average Bonchev–Trinajstić information content (AvgIpc) is 2.59. The van der Waals surface area contributed by atoms with Gasteiger partial charge in [-0.05, 0) is 42.7 Å². The topological polar surface area (TPSA) is 38.3 Å². The quantitative estimate of drug-likeness (QED) is 0.647. The molecule has 2 aromatic carbocycles. The van der Waals surface area contributed by atoms with Crippen molar-refractivity contribution in [3.05, 3.63) is 67.9 Å². The standard InChI is InChI=1S/C18H15BrCl2FNO2/c19-12-3-1-2-11(8-12)18(4-6-25-7-5-18)23-17(24)13-9-16(22)15(21)10-14(13)20/h1-3,8-10H,4-7H2,(H,23,24). The molecule has 3 nitrogen and oxygen atoms in total. The van der Waals surface area contributed by atoms with E-state index in [0.717, 1.165) is 16.1 Å². The molecule has 25 heavy (non-hydrogen) atoms. The van der Waals surface area contributed by atoms with Gasteiger partial charge in [0, 0.05) is 17.7 Å². The molecule has 0 bridgehead atoms. The molecule has 0 saturated carbocycles. The molecular formula is C18H15BrCl2FNO2. The second kappa shape index (κ2) is 7.62. The minimum Gasteiger partial charge on any atom is -0.381 e. The summed E-state index contributed by atoms with van der Waals surface area (Å²) in [4.78, 5) is 12.8. The summed E-state index contributed by atoms with van der Waals surface area (Å²) in [5.74, 6) is -1.12. The summed E-state index contributed by atoms with van der Waals surface area (Å²) in [6, 6.07) is 10.1. The number of rotatable bonds is 3. The van der Waals surface area contributed by atoms with Crippen LogP contribution < -0.4 is 5.32 Å². The second-order valence-corrected chi connectivity index (χ2v) is 7.64. The minimum absolute atomic E-state index is 0.0597. The number of halogens is 4. The molecule has 0 aromatic heterocycles. The summed E-state index contributed by atoms with van der Waals surface area (Å²) in [5.41, 5.74) is 0.423. The van der Waals surface area contributed by atoms with Crippen molar-refractivity contribution in [2.45, 2.75) is 18.4 Å². The van der Waals surface area contributed by atoms with Crippen LogP contribution in [0.3, 0.4) is 0 Å². The lowest BCUT2D eigenvalue weighted by molar-refractivity contribution is 0.0345. The maximum absolute atomic E-state index is 13.8. The lowest BCUT2D eigenvalue weighted by atomic mass is 9.82. The van der Waals surface area contributed by atoms with Crippen molar-refractivity contribution in [1.29, 1.82) is 0 Å². The molecule has 1 saturated heterocycles. The van der Waals surface area contributed by atoms with E-state index in [2.05, 4.69) is 21.2 Å². The van der Waals surface area contributed by atoms with E-state index < -0.39 is 17.3 Å². The Morgan fingerprint density at radius 1 is 1.16 bits per heavy atom. The van der Waals surface area contributed by atoms with E-state index in [9.17, 15) is 9.18 Å². The Morgan fingerprint density at radius 3 is 2.56 bits per heavy atom. The number of ether oxygens (including phenoxy) is 1. The van der Waals surface area contributed by atoms with Gasteiger partial charge in [0.2, 0.25) is 0 Å². The van der Waals surface area contributed by atoms with Crippen LogP contribution in [0.2, 0.25) is 10.0 Å². The Morgan fingerprint density at radius 2 is 1.88 bits per heavy atom. The number of hydrogen-bond acceptors (Lipinski definition) is 2. The highest BCUT2D eigenvalue weighted by Crippen LogP contribution is 2.34. The van der Waals surface area contributed by atoms with E-state index >= 15 is 0 Å². The van der Waals surface area contributed by atoms with Crippen molar-refractivity contribution >= 4 is 45.0 Å². The number of benzene rings is 2. The van der Waals surface area contributed by atoms with Gasteiger partial charge in [0.05, 0.1) is 21.1 Å². The van der Waals surface area contributed by atoms with Crippen LogP contribution in [0.4, 0.5) is 4.39 Å². The lowest BCUT2D eigenvalue weighted by Crippen LogP contribution is -2.49. The number of nitrogens with one attached hydrogen (secondary N) is 1. The summed E-state index contributed by atoms with van der Waals surface area (Å²) in [7, 11) is 0. The monoisotopic (exact) mass is 445 g/mol. The second-order valence-electron chi connectivity index (χ2n) is 5.91. The minimum atomic E-state index is -0.681. The van der Waals surface area contributed by atoms with Crippen LogP contribution in [0, 0.1) is 5.82 Å². The zero-order valence-corrected chi connectivity index (χ0v) is 16.2. The van der Waals surface area contributed by atoms with Gasteiger partial charge in [0.1, 0.15) is 5.82 Å². The highest BCUT2D eigenvalue weighted by atomic mass is 79.9. The summed E-state index contributed by atoms with van der Waals surface area (Å²) in [6.07, 6.45) is 1.23. The smallest absolute Gasteiger partial charge is 0.253 e. The van der Waals surface area contributed by atoms with Gasteiger partial charge in [-0.1, -0.05) is 51.3 Å². The first kappa shape index (κ1) is 18.6. The van der Waals surface area contributed by atoms with Crippen LogP contribution in [0.5, 0.6) is 0 Å². The van der Waals surface area contributed by atoms with Crippen molar-refractivity contribution in [1.82, 2.24) is 5.32 Å². The van der Waals surface area contributed by atoms with Gasteiger partial charge in [-0.3, -0.25) is 4.79 Å². The first-order valence-electron chi connectivity index (χ1n) is 7.72. The van der Waals surface area contributed by atoms with Crippen molar-refractivity contribution in [3.8, 4) is 0 Å². The average molecular weight is 447 g/mol. The van der Waals surface area contributed by atoms with Gasteiger partial charge >= 0.3 is 0 Å². The van der Waals surface area contributed by atoms with E-state index in [4.69, 9.17) is 27.9 Å². The largest absolute Gasteiger partial charge is 0.381 e. The van der Waals surface area contributed by atoms with E-state index in [0.29, 0.717) is 26.1 Å². The maximum Gasteiger partial charge on any atom is 0.253 e. The van der Waals surface area contributed by atoms with Crippen molar-refractivity contribution < 1.29 is 13.9 Å². The third kappa shape index (κ3) is 4.00. The molecule has 1 aliphatic heterocycles. The van der Waals surface area contributed by atoms with E-state index in [1.165, 1.54) is 6.07 Å². The van der Waals surface area contributed by atoms with Crippen LogP contribution in [-0.2, 0) is 10.3 Å².